The molecule has 22 heavy (non-hydrogen) atoms. The van der Waals surface area contributed by atoms with Crippen molar-refractivity contribution in [3.05, 3.63) is 71.5 Å². The predicted octanol–water partition coefficient (Wildman–Crippen LogP) is 2.82. The predicted molar refractivity (Wildman–Crippen MR) is 85.6 cm³/mol. The number of aryl methyl sites for hydroxylation is 1. The molecule has 3 rings (SSSR count). The molecular weight excluding hydrogens is 278 g/mol. The monoisotopic (exact) mass is 293 g/mol. The first-order valence-electron chi connectivity index (χ1n) is 6.78. The van der Waals surface area contributed by atoms with E-state index in [1.165, 1.54) is 5.56 Å². The molecule has 110 valence electrons. The zero-order chi connectivity index (χ0) is 15.4. The van der Waals surface area contributed by atoms with Crippen LogP contribution in [0.3, 0.4) is 0 Å². The Kier molecular flexibility index (Phi) is 3.82. The van der Waals surface area contributed by atoms with Gasteiger partial charge < -0.3 is 10.3 Å². The van der Waals surface area contributed by atoms with Gasteiger partial charge >= 0.3 is 6.01 Å². The van der Waals surface area contributed by atoms with Crippen LogP contribution in [0.5, 0.6) is 0 Å². The number of hydrazone groups is 1. The standard InChI is InChI=1S/C16H15N5O/c1-11-7-9-13(10-8-11)19-20-14(12-5-3-2-4-6-12)15-18-16(17)22-21-15/h2-10,19H,1H3,(H2,17,18,21)/b20-14-. The van der Waals surface area contributed by atoms with Gasteiger partial charge in [0.05, 0.1) is 5.69 Å². The van der Waals surface area contributed by atoms with Crippen LogP contribution in [0.2, 0.25) is 0 Å². The Morgan fingerprint density at radius 1 is 1.09 bits per heavy atom. The van der Waals surface area contributed by atoms with Crippen LogP contribution in [0.4, 0.5) is 11.7 Å². The van der Waals surface area contributed by atoms with Gasteiger partial charge in [-0.1, -0.05) is 53.2 Å². The van der Waals surface area contributed by atoms with Crippen molar-refractivity contribution in [3.8, 4) is 0 Å². The Balaban J connectivity index is 1.94. The Morgan fingerprint density at radius 2 is 1.82 bits per heavy atom. The number of aromatic nitrogens is 2. The molecule has 0 radical (unpaired) electrons. The van der Waals surface area contributed by atoms with Gasteiger partial charge in [-0.2, -0.15) is 10.1 Å². The maximum atomic E-state index is 5.50. The molecule has 0 saturated carbocycles. The van der Waals surface area contributed by atoms with Gasteiger partial charge in [-0.25, -0.2) is 0 Å². The van der Waals surface area contributed by atoms with E-state index in [-0.39, 0.29) is 6.01 Å². The molecule has 6 heteroatoms. The lowest BCUT2D eigenvalue weighted by atomic mass is 10.1. The lowest BCUT2D eigenvalue weighted by molar-refractivity contribution is 0.433. The van der Waals surface area contributed by atoms with Gasteiger partial charge in [-0.3, -0.25) is 5.43 Å². The van der Waals surface area contributed by atoms with E-state index in [1.807, 2.05) is 61.5 Å². The first-order chi connectivity index (χ1) is 10.7. The highest BCUT2D eigenvalue weighted by molar-refractivity contribution is 6.10. The van der Waals surface area contributed by atoms with E-state index in [0.29, 0.717) is 11.5 Å². The highest BCUT2D eigenvalue weighted by Gasteiger charge is 2.13. The lowest BCUT2D eigenvalue weighted by Crippen LogP contribution is -2.08. The number of nitrogen functional groups attached to an aromatic ring is 1. The average molecular weight is 293 g/mol. The third-order valence-electron chi connectivity index (χ3n) is 3.05. The summed E-state index contributed by atoms with van der Waals surface area (Å²) in [5.74, 6) is 0.336. The molecule has 3 aromatic rings. The maximum Gasteiger partial charge on any atom is 0.319 e. The van der Waals surface area contributed by atoms with E-state index < -0.39 is 0 Å². The number of hydrogen-bond acceptors (Lipinski definition) is 6. The van der Waals surface area contributed by atoms with Crippen LogP contribution in [-0.2, 0) is 0 Å². The number of hydrogen-bond donors (Lipinski definition) is 2. The molecule has 1 aromatic heterocycles. The molecule has 0 aliphatic rings. The van der Waals surface area contributed by atoms with E-state index in [2.05, 4.69) is 20.7 Å². The molecule has 6 nitrogen and oxygen atoms in total. The zero-order valence-electron chi connectivity index (χ0n) is 12.0. The number of anilines is 2. The third-order valence-corrected chi connectivity index (χ3v) is 3.05. The Labute approximate surface area is 127 Å². The van der Waals surface area contributed by atoms with Crippen LogP contribution in [0.15, 0.2) is 64.2 Å². The molecule has 3 N–H and O–H groups in total. The highest BCUT2D eigenvalue weighted by Crippen LogP contribution is 2.12. The van der Waals surface area contributed by atoms with E-state index >= 15 is 0 Å². The minimum atomic E-state index is 0.00830. The summed E-state index contributed by atoms with van der Waals surface area (Å²) in [4.78, 5) is 4.04. The Bertz CT molecular complexity index is 778. The average Bonchev–Trinajstić information content (AvgIpc) is 2.97. The molecule has 0 aliphatic carbocycles. The zero-order valence-corrected chi connectivity index (χ0v) is 12.0. The van der Waals surface area contributed by atoms with Crippen molar-refractivity contribution in [1.82, 2.24) is 10.1 Å². The second-order valence-electron chi connectivity index (χ2n) is 4.76. The number of rotatable bonds is 4. The van der Waals surface area contributed by atoms with Crippen LogP contribution in [0.25, 0.3) is 0 Å². The molecule has 2 aromatic carbocycles. The number of nitrogens with one attached hydrogen (secondary N) is 1. The summed E-state index contributed by atoms with van der Waals surface area (Å²) in [6, 6.07) is 17.5. The first-order valence-corrected chi connectivity index (χ1v) is 6.78. The van der Waals surface area contributed by atoms with Crippen molar-refractivity contribution in [2.75, 3.05) is 11.2 Å². The Hall–Kier alpha value is -3.15. The summed E-state index contributed by atoms with van der Waals surface area (Å²) in [6.07, 6.45) is 0. The summed E-state index contributed by atoms with van der Waals surface area (Å²) in [6.45, 7) is 2.03. The summed E-state index contributed by atoms with van der Waals surface area (Å²) in [5.41, 5.74) is 12.0. The van der Waals surface area contributed by atoms with Crippen LogP contribution in [0, 0.1) is 6.92 Å². The fraction of sp³-hybridized carbons (Fsp3) is 0.0625. The molecule has 0 saturated heterocycles. The van der Waals surface area contributed by atoms with Crippen molar-refractivity contribution >= 4 is 17.4 Å². The van der Waals surface area contributed by atoms with Crippen molar-refractivity contribution < 1.29 is 4.52 Å². The third kappa shape index (κ3) is 3.12. The summed E-state index contributed by atoms with van der Waals surface area (Å²) >= 11 is 0. The molecule has 0 spiro atoms. The van der Waals surface area contributed by atoms with Crippen molar-refractivity contribution in [2.24, 2.45) is 5.10 Å². The van der Waals surface area contributed by atoms with Crippen molar-refractivity contribution in [2.45, 2.75) is 6.92 Å². The number of benzene rings is 2. The first kappa shape index (κ1) is 13.8. The Morgan fingerprint density at radius 3 is 2.45 bits per heavy atom. The van der Waals surface area contributed by atoms with E-state index in [9.17, 15) is 0 Å². The molecule has 0 amide bonds. The van der Waals surface area contributed by atoms with E-state index in [0.717, 1.165) is 11.3 Å². The minimum Gasteiger partial charge on any atom is -0.351 e. The molecule has 0 fully saturated rings. The quantitative estimate of drug-likeness (QED) is 0.570. The molecule has 0 aliphatic heterocycles. The SMILES string of the molecule is Cc1ccc(N/N=C(/c2ccccc2)c2noc(N)n2)cc1. The fourth-order valence-electron chi connectivity index (χ4n) is 1.92. The molecule has 0 bridgehead atoms. The summed E-state index contributed by atoms with van der Waals surface area (Å²) < 4.78 is 4.84. The van der Waals surface area contributed by atoms with Crippen LogP contribution >= 0.6 is 0 Å². The summed E-state index contributed by atoms with van der Waals surface area (Å²) in [5, 5.41) is 8.24. The van der Waals surface area contributed by atoms with Gasteiger partial charge in [0.2, 0.25) is 5.82 Å². The fourth-order valence-corrected chi connectivity index (χ4v) is 1.92. The van der Waals surface area contributed by atoms with E-state index in [1.54, 1.807) is 0 Å². The number of nitrogens with two attached hydrogens (primary N) is 1. The molecule has 0 unspecified atom stereocenters. The normalized spacial score (nSPS) is 11.4. The van der Waals surface area contributed by atoms with E-state index in [4.69, 9.17) is 10.3 Å². The van der Waals surface area contributed by atoms with Gasteiger partial charge in [-0.15, -0.1) is 0 Å². The summed E-state index contributed by atoms with van der Waals surface area (Å²) in [7, 11) is 0. The second-order valence-corrected chi connectivity index (χ2v) is 4.76. The van der Waals surface area contributed by atoms with Gasteiger partial charge in [0.15, 0.2) is 0 Å². The second kappa shape index (κ2) is 6.09. The largest absolute Gasteiger partial charge is 0.351 e. The topological polar surface area (TPSA) is 89.3 Å². The maximum absolute atomic E-state index is 5.50. The van der Waals surface area contributed by atoms with Gasteiger partial charge in [-0.05, 0) is 19.1 Å². The minimum absolute atomic E-state index is 0.00830. The van der Waals surface area contributed by atoms with Crippen LogP contribution in [0.1, 0.15) is 17.0 Å². The van der Waals surface area contributed by atoms with Gasteiger partial charge in [0.25, 0.3) is 0 Å². The van der Waals surface area contributed by atoms with Gasteiger partial charge in [0.1, 0.15) is 5.71 Å². The molecule has 1 heterocycles. The smallest absolute Gasteiger partial charge is 0.319 e. The van der Waals surface area contributed by atoms with Crippen molar-refractivity contribution in [1.29, 1.82) is 0 Å². The molecular formula is C16H15N5O. The van der Waals surface area contributed by atoms with Crippen molar-refractivity contribution in [3.63, 3.8) is 0 Å². The van der Waals surface area contributed by atoms with Crippen LogP contribution in [-0.4, -0.2) is 15.9 Å². The van der Waals surface area contributed by atoms with Crippen LogP contribution < -0.4 is 11.2 Å². The number of nitrogens with zero attached hydrogens (tertiary/aromatic N) is 3. The lowest BCUT2D eigenvalue weighted by Gasteiger charge is -2.05. The molecule has 0 atom stereocenters. The highest BCUT2D eigenvalue weighted by atomic mass is 16.5. The van der Waals surface area contributed by atoms with Gasteiger partial charge in [0, 0.05) is 5.56 Å².